The second kappa shape index (κ2) is 6.39. The molecule has 0 radical (unpaired) electrons. The molecule has 1 aromatic rings. The van der Waals surface area contributed by atoms with Crippen molar-refractivity contribution in [1.29, 1.82) is 0 Å². The van der Waals surface area contributed by atoms with Crippen molar-refractivity contribution in [2.75, 3.05) is 31.1 Å². The Kier molecular flexibility index (Phi) is 4.24. The molecule has 1 aromatic carbocycles. The third-order valence-electron chi connectivity index (χ3n) is 5.42. The molecule has 1 atom stereocenters. The number of anilines is 1. The fourth-order valence-corrected chi connectivity index (χ4v) is 4.06. The molecule has 1 aliphatic carbocycles. The monoisotopic (exact) mass is 387 g/mol. The summed E-state index contributed by atoms with van der Waals surface area (Å²) >= 11 is 0. The number of alkyl carbamates (subject to hydrolysis) is 1. The number of amides is 3. The summed E-state index contributed by atoms with van der Waals surface area (Å²) in [6.07, 6.45) is 0.189. The topological polar surface area (TPSA) is 88.2 Å². The number of fused-ring (bicyclic) bond motifs is 2. The number of carbonyl (C=O) groups is 3. The van der Waals surface area contributed by atoms with E-state index < -0.39 is 17.3 Å². The van der Waals surface area contributed by atoms with E-state index in [2.05, 4.69) is 16.3 Å². The summed E-state index contributed by atoms with van der Waals surface area (Å²) in [5.74, 6) is -0.380. The largest absolute Gasteiger partial charge is 0.444 e. The molecule has 8 heteroatoms. The van der Waals surface area contributed by atoms with E-state index in [1.165, 1.54) is 0 Å². The number of benzene rings is 1. The lowest BCUT2D eigenvalue weighted by Gasteiger charge is -2.37. The Balaban J connectivity index is 1.45. The van der Waals surface area contributed by atoms with E-state index in [-0.39, 0.29) is 12.0 Å². The predicted octanol–water partition coefficient (Wildman–Crippen LogP) is 2.15. The number of hydrogen-bond donors (Lipinski definition) is 1. The quantitative estimate of drug-likeness (QED) is 0.794. The number of aryl methyl sites for hydroxylation is 1. The zero-order valence-corrected chi connectivity index (χ0v) is 16.4. The minimum Gasteiger partial charge on any atom is -0.444 e. The number of ether oxygens (including phenoxy) is 2. The number of piperazine rings is 1. The van der Waals surface area contributed by atoms with Crippen LogP contribution >= 0.6 is 0 Å². The molecule has 0 saturated carbocycles. The number of rotatable bonds is 1. The van der Waals surface area contributed by atoms with E-state index in [4.69, 9.17) is 9.47 Å². The first-order valence-corrected chi connectivity index (χ1v) is 9.59. The molecule has 8 nitrogen and oxygen atoms in total. The first-order valence-electron chi connectivity index (χ1n) is 9.59. The molecule has 2 saturated heterocycles. The number of carbonyl (C=O) groups excluding carboxylic acids is 3. The van der Waals surface area contributed by atoms with E-state index in [0.717, 1.165) is 16.8 Å². The lowest BCUT2D eigenvalue weighted by molar-refractivity contribution is -0.131. The average Bonchev–Trinajstić information content (AvgIpc) is 3.13. The number of nitrogens with zero attached hydrogens (tertiary/aromatic N) is 2. The fourth-order valence-electron chi connectivity index (χ4n) is 4.06. The van der Waals surface area contributed by atoms with Crippen molar-refractivity contribution < 1.29 is 23.9 Å². The predicted molar refractivity (Wildman–Crippen MR) is 101 cm³/mol. The van der Waals surface area contributed by atoms with Crippen LogP contribution in [0.1, 0.15) is 38.3 Å². The third-order valence-corrected chi connectivity index (χ3v) is 5.42. The normalized spacial score (nSPS) is 24.2. The van der Waals surface area contributed by atoms with Crippen LogP contribution in [0.4, 0.5) is 15.3 Å². The molecule has 4 rings (SSSR count). The zero-order chi connectivity index (χ0) is 20.1. The maximum absolute atomic E-state index is 12.2. The number of nitrogens with one attached hydrogen (secondary N) is 1. The van der Waals surface area contributed by atoms with Gasteiger partial charge in [-0.2, -0.15) is 0 Å². The molecular weight excluding hydrogens is 362 g/mol. The van der Waals surface area contributed by atoms with Gasteiger partial charge in [-0.15, -0.1) is 0 Å². The van der Waals surface area contributed by atoms with Gasteiger partial charge in [0.1, 0.15) is 5.60 Å². The molecule has 2 aliphatic heterocycles. The Hall–Kier alpha value is -2.77. The van der Waals surface area contributed by atoms with Crippen LogP contribution in [-0.2, 0) is 26.3 Å². The highest BCUT2D eigenvalue weighted by Crippen LogP contribution is 2.43. The lowest BCUT2D eigenvalue weighted by atomic mass is 9.95. The molecule has 3 aliphatic rings. The van der Waals surface area contributed by atoms with E-state index in [1.54, 1.807) is 4.90 Å². The van der Waals surface area contributed by atoms with Crippen LogP contribution in [-0.4, -0.2) is 54.8 Å². The Labute approximate surface area is 163 Å². The van der Waals surface area contributed by atoms with Crippen molar-refractivity contribution in [2.24, 2.45) is 0 Å². The van der Waals surface area contributed by atoms with Crippen LogP contribution in [0.3, 0.4) is 0 Å². The molecule has 1 N–H and O–H groups in total. The van der Waals surface area contributed by atoms with Crippen LogP contribution < -0.4 is 10.2 Å². The van der Waals surface area contributed by atoms with Gasteiger partial charge in [0.2, 0.25) is 5.60 Å². The highest BCUT2D eigenvalue weighted by atomic mass is 16.6. The second-order valence-corrected chi connectivity index (χ2v) is 8.47. The minimum atomic E-state index is -1.17. The molecule has 0 bridgehead atoms. The van der Waals surface area contributed by atoms with Crippen molar-refractivity contribution in [1.82, 2.24) is 10.2 Å². The van der Waals surface area contributed by atoms with Crippen molar-refractivity contribution >= 4 is 23.8 Å². The van der Waals surface area contributed by atoms with Crippen LogP contribution in [0.2, 0.25) is 0 Å². The highest BCUT2D eigenvalue weighted by Gasteiger charge is 2.54. The van der Waals surface area contributed by atoms with Gasteiger partial charge >= 0.3 is 12.2 Å². The van der Waals surface area contributed by atoms with Gasteiger partial charge in [0, 0.05) is 43.9 Å². The smallest absolute Gasteiger partial charge is 0.415 e. The van der Waals surface area contributed by atoms with Crippen molar-refractivity contribution in [2.45, 2.75) is 44.8 Å². The highest BCUT2D eigenvalue weighted by molar-refractivity contribution is 6.04. The van der Waals surface area contributed by atoms with Crippen molar-refractivity contribution in [3.8, 4) is 0 Å². The number of imide groups is 1. The average molecular weight is 387 g/mol. The van der Waals surface area contributed by atoms with E-state index in [9.17, 15) is 14.4 Å². The SMILES string of the molecule is CC(C)(C)OC(=O)N1CCN(c2ccc3c(c2)CCC32OC(=O)NC2=O)CC1. The van der Waals surface area contributed by atoms with Gasteiger partial charge in [0.05, 0.1) is 0 Å². The molecule has 28 heavy (non-hydrogen) atoms. The van der Waals surface area contributed by atoms with Crippen LogP contribution in [0.15, 0.2) is 18.2 Å². The van der Waals surface area contributed by atoms with E-state index in [1.807, 2.05) is 32.9 Å². The van der Waals surface area contributed by atoms with E-state index >= 15 is 0 Å². The Morgan fingerprint density at radius 1 is 1.18 bits per heavy atom. The van der Waals surface area contributed by atoms with E-state index in [0.29, 0.717) is 39.0 Å². The fraction of sp³-hybridized carbons (Fsp3) is 0.550. The van der Waals surface area contributed by atoms with Crippen LogP contribution in [0.25, 0.3) is 0 Å². The standard InChI is InChI=1S/C20H25N3O5/c1-19(2,3)28-18(26)23-10-8-22(9-11-23)14-4-5-15-13(12-14)6-7-20(15)16(24)21-17(25)27-20/h4-5,12H,6-11H2,1-3H3,(H,21,24,25). The molecule has 150 valence electrons. The van der Waals surface area contributed by atoms with Gasteiger partial charge in [-0.25, -0.2) is 9.59 Å². The summed E-state index contributed by atoms with van der Waals surface area (Å²) in [7, 11) is 0. The van der Waals surface area contributed by atoms with Crippen LogP contribution in [0.5, 0.6) is 0 Å². The first-order chi connectivity index (χ1) is 13.2. The maximum Gasteiger partial charge on any atom is 0.415 e. The van der Waals surface area contributed by atoms with Gasteiger partial charge in [-0.1, -0.05) is 6.07 Å². The minimum absolute atomic E-state index is 0.280. The summed E-state index contributed by atoms with van der Waals surface area (Å²) in [5.41, 5.74) is 1.17. The van der Waals surface area contributed by atoms with Gasteiger partial charge in [0.15, 0.2) is 0 Å². The van der Waals surface area contributed by atoms with Crippen molar-refractivity contribution in [3.05, 3.63) is 29.3 Å². The Bertz CT molecular complexity index is 839. The summed E-state index contributed by atoms with van der Waals surface area (Å²) in [4.78, 5) is 39.9. The van der Waals surface area contributed by atoms with Gasteiger partial charge in [0.25, 0.3) is 5.91 Å². The summed E-state index contributed by atoms with van der Waals surface area (Å²) in [6.45, 7) is 8.18. The zero-order valence-electron chi connectivity index (χ0n) is 16.4. The summed E-state index contributed by atoms with van der Waals surface area (Å²) in [6, 6.07) is 5.90. The summed E-state index contributed by atoms with van der Waals surface area (Å²) < 4.78 is 10.8. The Morgan fingerprint density at radius 3 is 2.50 bits per heavy atom. The van der Waals surface area contributed by atoms with Gasteiger partial charge in [-0.05, 0) is 44.9 Å². The van der Waals surface area contributed by atoms with Gasteiger partial charge < -0.3 is 19.3 Å². The molecule has 3 amide bonds. The maximum atomic E-state index is 12.2. The lowest BCUT2D eigenvalue weighted by Crippen LogP contribution is -2.50. The molecule has 1 unspecified atom stereocenters. The van der Waals surface area contributed by atoms with Crippen molar-refractivity contribution in [3.63, 3.8) is 0 Å². The third kappa shape index (κ3) is 3.16. The second-order valence-electron chi connectivity index (χ2n) is 8.47. The molecular formula is C20H25N3O5. The molecule has 0 aromatic heterocycles. The molecule has 2 heterocycles. The number of hydrogen-bond acceptors (Lipinski definition) is 6. The molecule has 1 spiro atoms. The van der Waals surface area contributed by atoms with Crippen LogP contribution in [0, 0.1) is 0 Å². The molecule has 2 fully saturated rings. The first kappa shape index (κ1) is 18.6. The van der Waals surface area contributed by atoms with Gasteiger partial charge in [-0.3, -0.25) is 10.1 Å². The summed E-state index contributed by atoms with van der Waals surface area (Å²) in [5, 5.41) is 2.24. The Morgan fingerprint density at radius 2 is 1.89 bits per heavy atom.